The van der Waals surface area contributed by atoms with E-state index in [1.807, 2.05) is 0 Å². The topological polar surface area (TPSA) is 65.9 Å². The summed E-state index contributed by atoms with van der Waals surface area (Å²) >= 11 is 0. The van der Waals surface area contributed by atoms with Gasteiger partial charge in [0, 0.05) is 38.8 Å². The molecule has 0 amide bonds. The predicted octanol–water partition coefficient (Wildman–Crippen LogP) is 4.13. The normalized spacial score (nSPS) is 20.9. The third-order valence-electron chi connectivity index (χ3n) is 5.19. The zero-order chi connectivity index (χ0) is 19.3. The van der Waals surface area contributed by atoms with Crippen LogP contribution in [0.5, 0.6) is 0 Å². The molecule has 0 bridgehead atoms. The molecule has 0 aliphatic carbocycles. The molecule has 6 heteroatoms. The van der Waals surface area contributed by atoms with Gasteiger partial charge < -0.3 is 20.5 Å². The van der Waals surface area contributed by atoms with Crippen LogP contribution in [0.25, 0.3) is 0 Å². The van der Waals surface area contributed by atoms with Crippen molar-refractivity contribution in [3.05, 3.63) is 35.9 Å². The molecule has 1 aliphatic heterocycles. The fraction of sp³-hybridized carbons (Fsp3) is 0.682. The second-order valence-corrected chi connectivity index (χ2v) is 7.37. The highest BCUT2D eigenvalue weighted by Crippen LogP contribution is 2.33. The molecule has 1 aliphatic rings. The summed E-state index contributed by atoms with van der Waals surface area (Å²) < 4.78 is 6.10. The molecule has 0 spiro atoms. The van der Waals surface area contributed by atoms with Crippen molar-refractivity contribution < 1.29 is 9.84 Å². The van der Waals surface area contributed by atoms with Crippen LogP contribution in [0.2, 0.25) is 0 Å². The van der Waals surface area contributed by atoms with Gasteiger partial charge in [-0.15, -0.1) is 24.0 Å². The van der Waals surface area contributed by atoms with Gasteiger partial charge >= 0.3 is 0 Å². The Morgan fingerprint density at radius 1 is 1.21 bits per heavy atom. The van der Waals surface area contributed by atoms with Crippen molar-refractivity contribution in [2.45, 2.75) is 52.1 Å². The van der Waals surface area contributed by atoms with Crippen molar-refractivity contribution in [2.24, 2.45) is 16.8 Å². The average Bonchev–Trinajstić information content (AvgIpc) is 2.71. The highest BCUT2D eigenvalue weighted by molar-refractivity contribution is 14.0. The molecule has 1 fully saturated rings. The lowest BCUT2D eigenvalue weighted by Gasteiger charge is -2.32. The van der Waals surface area contributed by atoms with Gasteiger partial charge in [-0.3, -0.25) is 4.99 Å². The minimum absolute atomic E-state index is 0. The number of halogens is 1. The van der Waals surface area contributed by atoms with Crippen molar-refractivity contribution in [2.75, 3.05) is 32.8 Å². The van der Waals surface area contributed by atoms with Crippen molar-refractivity contribution in [3.63, 3.8) is 0 Å². The van der Waals surface area contributed by atoms with Gasteiger partial charge in [0.2, 0.25) is 0 Å². The zero-order valence-corrected chi connectivity index (χ0v) is 19.7. The number of aliphatic imine (C=N–C) groups is 1. The summed E-state index contributed by atoms with van der Waals surface area (Å²) in [4.78, 5) is 4.78. The Morgan fingerprint density at radius 2 is 2.00 bits per heavy atom. The Kier molecular flexibility index (Phi) is 13.5. The minimum atomic E-state index is 0. The number of nitrogens with zero attached hydrogens (tertiary/aromatic N) is 1. The largest absolute Gasteiger partial charge is 0.396 e. The molecule has 1 heterocycles. The van der Waals surface area contributed by atoms with E-state index in [1.165, 1.54) is 5.56 Å². The maximum Gasteiger partial charge on any atom is 0.191 e. The third kappa shape index (κ3) is 8.66. The van der Waals surface area contributed by atoms with Crippen LogP contribution in [0.3, 0.4) is 0 Å². The fourth-order valence-electron chi connectivity index (χ4n) is 3.77. The van der Waals surface area contributed by atoms with Crippen molar-refractivity contribution in [3.8, 4) is 0 Å². The molecule has 5 nitrogen and oxygen atoms in total. The number of hydrogen-bond acceptors (Lipinski definition) is 3. The molecule has 3 atom stereocenters. The Morgan fingerprint density at radius 3 is 2.68 bits per heavy atom. The highest BCUT2D eigenvalue weighted by atomic mass is 127. The molecule has 3 unspecified atom stereocenters. The molecule has 28 heavy (non-hydrogen) atoms. The van der Waals surface area contributed by atoms with Crippen molar-refractivity contribution in [1.29, 1.82) is 0 Å². The molecule has 0 aromatic heterocycles. The number of guanidine groups is 1. The summed E-state index contributed by atoms with van der Waals surface area (Å²) in [5.74, 6) is 1.76. The summed E-state index contributed by atoms with van der Waals surface area (Å²) in [7, 11) is 0. The number of ether oxygens (including phenoxy) is 1. The van der Waals surface area contributed by atoms with Crippen LogP contribution in [0.1, 0.15) is 57.6 Å². The SMILES string of the molecule is CCCC(CCO)CN=C(NCC)NCC1CCCOC1c1ccccc1.I. The van der Waals surface area contributed by atoms with Gasteiger partial charge in [-0.2, -0.15) is 0 Å². The van der Waals surface area contributed by atoms with Crippen LogP contribution in [0.15, 0.2) is 35.3 Å². The van der Waals surface area contributed by atoms with E-state index < -0.39 is 0 Å². The summed E-state index contributed by atoms with van der Waals surface area (Å²) in [5, 5.41) is 16.1. The third-order valence-corrected chi connectivity index (χ3v) is 5.19. The van der Waals surface area contributed by atoms with Crippen LogP contribution in [0.4, 0.5) is 0 Å². The molecular weight excluding hydrogens is 465 g/mol. The quantitative estimate of drug-likeness (QED) is 0.255. The molecule has 1 saturated heterocycles. The van der Waals surface area contributed by atoms with Gasteiger partial charge in [-0.25, -0.2) is 0 Å². The van der Waals surface area contributed by atoms with Gasteiger partial charge in [0.25, 0.3) is 0 Å². The van der Waals surface area contributed by atoms with E-state index in [4.69, 9.17) is 9.73 Å². The van der Waals surface area contributed by atoms with E-state index in [1.54, 1.807) is 0 Å². The molecule has 2 rings (SSSR count). The van der Waals surface area contributed by atoms with Crippen LogP contribution < -0.4 is 10.6 Å². The number of hydrogen-bond donors (Lipinski definition) is 3. The predicted molar refractivity (Wildman–Crippen MR) is 127 cm³/mol. The van der Waals surface area contributed by atoms with E-state index in [9.17, 15) is 5.11 Å². The van der Waals surface area contributed by atoms with E-state index >= 15 is 0 Å². The number of benzene rings is 1. The van der Waals surface area contributed by atoms with Gasteiger partial charge in [-0.05, 0) is 44.1 Å². The first-order valence-electron chi connectivity index (χ1n) is 10.6. The maximum absolute atomic E-state index is 9.25. The van der Waals surface area contributed by atoms with Gasteiger partial charge in [0.05, 0.1) is 6.10 Å². The average molecular weight is 503 g/mol. The second-order valence-electron chi connectivity index (χ2n) is 7.37. The summed E-state index contributed by atoms with van der Waals surface area (Å²) in [6.07, 6.45) is 5.48. The van der Waals surface area contributed by atoms with Gasteiger partial charge in [-0.1, -0.05) is 43.7 Å². The van der Waals surface area contributed by atoms with E-state index in [-0.39, 0.29) is 36.7 Å². The van der Waals surface area contributed by atoms with E-state index in [0.717, 1.165) is 64.3 Å². The standard InChI is InChI=1S/C22H37N3O2.HI/c1-3-9-18(13-14-26)16-24-22(23-4-2)25-17-20-12-8-15-27-21(20)19-10-6-5-7-11-19;/h5-7,10-11,18,20-21,26H,3-4,8-9,12-17H2,1-2H3,(H2,23,24,25);1H. The summed E-state index contributed by atoms with van der Waals surface area (Å²) in [6.45, 7) is 7.80. The highest BCUT2D eigenvalue weighted by Gasteiger charge is 2.27. The molecule has 0 saturated carbocycles. The van der Waals surface area contributed by atoms with E-state index in [0.29, 0.717) is 11.8 Å². The van der Waals surface area contributed by atoms with E-state index in [2.05, 4.69) is 54.8 Å². The Balaban J connectivity index is 0.00000392. The lowest BCUT2D eigenvalue weighted by molar-refractivity contribution is -0.0265. The summed E-state index contributed by atoms with van der Waals surface area (Å²) in [6, 6.07) is 10.5. The Labute approximate surface area is 187 Å². The number of aliphatic hydroxyl groups is 1. The van der Waals surface area contributed by atoms with Crippen LogP contribution in [-0.4, -0.2) is 43.9 Å². The number of nitrogens with one attached hydrogen (secondary N) is 2. The zero-order valence-electron chi connectivity index (χ0n) is 17.4. The van der Waals surface area contributed by atoms with Crippen LogP contribution in [0, 0.1) is 11.8 Å². The molecule has 0 radical (unpaired) electrons. The number of rotatable bonds is 10. The first-order chi connectivity index (χ1) is 13.3. The molecule has 3 N–H and O–H groups in total. The lowest BCUT2D eigenvalue weighted by atomic mass is 9.89. The Hall–Kier alpha value is -0.860. The van der Waals surface area contributed by atoms with Gasteiger partial charge in [0.15, 0.2) is 5.96 Å². The molecule has 1 aromatic rings. The Bertz CT molecular complexity index is 536. The van der Waals surface area contributed by atoms with Crippen molar-refractivity contribution >= 4 is 29.9 Å². The van der Waals surface area contributed by atoms with Crippen molar-refractivity contribution in [1.82, 2.24) is 10.6 Å². The maximum atomic E-state index is 9.25. The molecular formula is C22H38IN3O2. The summed E-state index contributed by atoms with van der Waals surface area (Å²) in [5.41, 5.74) is 1.26. The van der Waals surface area contributed by atoms with Crippen LogP contribution in [-0.2, 0) is 4.74 Å². The first kappa shape index (κ1) is 25.2. The molecule has 1 aromatic carbocycles. The fourth-order valence-corrected chi connectivity index (χ4v) is 3.77. The lowest BCUT2D eigenvalue weighted by Crippen LogP contribution is -2.42. The van der Waals surface area contributed by atoms with Crippen LogP contribution >= 0.6 is 24.0 Å². The first-order valence-corrected chi connectivity index (χ1v) is 10.6. The monoisotopic (exact) mass is 503 g/mol. The smallest absolute Gasteiger partial charge is 0.191 e. The molecule has 160 valence electrons. The van der Waals surface area contributed by atoms with Gasteiger partial charge in [0.1, 0.15) is 0 Å². The second kappa shape index (κ2) is 15.0. The minimum Gasteiger partial charge on any atom is -0.396 e. The number of aliphatic hydroxyl groups excluding tert-OH is 1.